The van der Waals surface area contributed by atoms with Crippen molar-refractivity contribution < 1.29 is 0 Å². The van der Waals surface area contributed by atoms with Gasteiger partial charge < -0.3 is 0 Å². The van der Waals surface area contributed by atoms with Crippen molar-refractivity contribution in [1.29, 1.82) is 0 Å². The van der Waals surface area contributed by atoms with Gasteiger partial charge in [-0.1, -0.05) is 62.5 Å². The molecule has 0 spiro atoms. The van der Waals surface area contributed by atoms with E-state index in [1.807, 2.05) is 13.2 Å². The van der Waals surface area contributed by atoms with Crippen molar-refractivity contribution >= 4 is 29.5 Å². The van der Waals surface area contributed by atoms with Crippen molar-refractivity contribution in [3.8, 4) is 11.3 Å². The van der Waals surface area contributed by atoms with Crippen LogP contribution >= 0.6 is 23.5 Å². The summed E-state index contributed by atoms with van der Waals surface area (Å²) in [4.78, 5) is 9.02. The first kappa shape index (κ1) is 18.1. The van der Waals surface area contributed by atoms with E-state index in [1.54, 1.807) is 0 Å². The molecular weight excluding hydrogens is 326 g/mol. The number of hydrogen-bond acceptors (Lipinski definition) is 4. The van der Waals surface area contributed by atoms with E-state index in [-0.39, 0.29) is 5.41 Å². The van der Waals surface area contributed by atoms with Gasteiger partial charge in [0.25, 0.3) is 0 Å². The van der Waals surface area contributed by atoms with Gasteiger partial charge in [-0.3, -0.25) is 4.72 Å². The normalized spacial score (nSPS) is 11.6. The number of aromatic nitrogens is 2. The molecule has 124 valence electrons. The minimum atomic E-state index is 0.202. The summed E-state index contributed by atoms with van der Waals surface area (Å²) in [6, 6.07) is 6.42. The van der Waals surface area contributed by atoms with Gasteiger partial charge >= 0.3 is 0 Å². The van der Waals surface area contributed by atoms with Gasteiger partial charge in [0.15, 0.2) is 0 Å². The Balaban J connectivity index is 2.66. The van der Waals surface area contributed by atoms with E-state index >= 15 is 0 Å². The molecule has 0 bridgehead atoms. The second-order valence-electron chi connectivity index (χ2n) is 6.96. The smallest absolute Gasteiger partial charge is 0.234 e. The SMILES string of the molecule is CSNc1nc(Cl)c(C)c(-c2c(C)cccc2CC(C)(C)C)n1. The lowest BCUT2D eigenvalue weighted by Gasteiger charge is -2.22. The summed E-state index contributed by atoms with van der Waals surface area (Å²) >= 11 is 7.80. The molecule has 0 aliphatic carbocycles. The molecular formula is C18H24ClN3S. The molecule has 1 N–H and O–H groups in total. The van der Waals surface area contributed by atoms with Crippen LogP contribution in [0.4, 0.5) is 5.95 Å². The fourth-order valence-corrected chi connectivity index (χ4v) is 3.10. The molecule has 2 rings (SSSR count). The highest BCUT2D eigenvalue weighted by Crippen LogP contribution is 2.35. The van der Waals surface area contributed by atoms with Crippen LogP contribution in [-0.4, -0.2) is 16.2 Å². The molecule has 0 saturated carbocycles. The van der Waals surface area contributed by atoms with Gasteiger partial charge in [-0.15, -0.1) is 0 Å². The van der Waals surface area contributed by atoms with Crippen LogP contribution in [0, 0.1) is 19.3 Å². The lowest BCUT2D eigenvalue weighted by molar-refractivity contribution is 0.411. The van der Waals surface area contributed by atoms with Crippen LogP contribution in [0.2, 0.25) is 5.15 Å². The highest BCUT2D eigenvalue weighted by molar-refractivity contribution is 7.99. The summed E-state index contributed by atoms with van der Waals surface area (Å²) in [5.41, 5.74) is 5.72. The molecule has 23 heavy (non-hydrogen) atoms. The second-order valence-corrected chi connectivity index (χ2v) is 7.93. The Kier molecular flexibility index (Phi) is 5.58. The van der Waals surface area contributed by atoms with Crippen molar-refractivity contribution in [2.75, 3.05) is 11.0 Å². The van der Waals surface area contributed by atoms with Crippen LogP contribution in [0.15, 0.2) is 18.2 Å². The first-order valence-corrected chi connectivity index (χ1v) is 9.25. The topological polar surface area (TPSA) is 37.8 Å². The molecule has 2 aromatic rings. The maximum atomic E-state index is 6.34. The molecule has 0 aliphatic heterocycles. The number of halogens is 1. The number of aryl methyl sites for hydroxylation is 1. The Morgan fingerprint density at radius 2 is 1.87 bits per heavy atom. The first-order valence-electron chi connectivity index (χ1n) is 7.65. The molecule has 0 aliphatic rings. The molecule has 3 nitrogen and oxygen atoms in total. The van der Waals surface area contributed by atoms with E-state index in [1.165, 1.54) is 28.6 Å². The minimum Gasteiger partial charge on any atom is -0.298 e. The third-order valence-electron chi connectivity index (χ3n) is 3.60. The van der Waals surface area contributed by atoms with Crippen LogP contribution in [0.3, 0.4) is 0 Å². The maximum Gasteiger partial charge on any atom is 0.234 e. The fourth-order valence-electron chi connectivity index (χ4n) is 2.66. The third-order valence-corrected chi connectivity index (χ3v) is 4.35. The van der Waals surface area contributed by atoms with Gasteiger partial charge in [-0.2, -0.15) is 0 Å². The molecule has 0 radical (unpaired) electrons. The Hall–Kier alpha value is -1.26. The lowest BCUT2D eigenvalue weighted by atomic mass is 9.84. The van der Waals surface area contributed by atoms with Gasteiger partial charge in [0, 0.05) is 17.4 Å². The fraction of sp³-hybridized carbons (Fsp3) is 0.444. The molecule has 0 atom stereocenters. The molecule has 5 heteroatoms. The second kappa shape index (κ2) is 7.10. The highest BCUT2D eigenvalue weighted by atomic mass is 35.5. The maximum absolute atomic E-state index is 6.34. The number of anilines is 1. The van der Waals surface area contributed by atoms with Gasteiger partial charge in [0.05, 0.1) is 5.69 Å². The predicted octanol–water partition coefficient (Wildman–Crippen LogP) is 5.69. The van der Waals surface area contributed by atoms with Crippen molar-refractivity contribution in [3.63, 3.8) is 0 Å². The Morgan fingerprint density at radius 1 is 1.17 bits per heavy atom. The van der Waals surface area contributed by atoms with E-state index in [0.717, 1.165) is 17.7 Å². The zero-order valence-electron chi connectivity index (χ0n) is 14.6. The standard InChI is InChI=1S/C18H24ClN3S/c1-11-8-7-9-13(10-18(3,4)5)14(11)15-12(2)16(19)21-17(20-15)22-23-6/h7-9H,10H2,1-6H3,(H,20,21,22). The van der Waals surface area contributed by atoms with Crippen molar-refractivity contribution in [3.05, 3.63) is 40.0 Å². The van der Waals surface area contributed by atoms with Crippen molar-refractivity contribution in [2.45, 2.75) is 41.0 Å². The van der Waals surface area contributed by atoms with E-state index in [4.69, 9.17) is 16.6 Å². The van der Waals surface area contributed by atoms with E-state index in [9.17, 15) is 0 Å². The van der Waals surface area contributed by atoms with Crippen molar-refractivity contribution in [1.82, 2.24) is 9.97 Å². The van der Waals surface area contributed by atoms with Crippen LogP contribution in [0.1, 0.15) is 37.5 Å². The first-order chi connectivity index (χ1) is 10.7. The molecule has 0 saturated heterocycles. The van der Waals surface area contributed by atoms with Crippen LogP contribution in [0.25, 0.3) is 11.3 Å². The Morgan fingerprint density at radius 3 is 2.48 bits per heavy atom. The largest absolute Gasteiger partial charge is 0.298 e. The molecule has 1 aromatic heterocycles. The van der Waals surface area contributed by atoms with Gasteiger partial charge in [0.2, 0.25) is 5.95 Å². The lowest BCUT2D eigenvalue weighted by Crippen LogP contribution is -2.11. The van der Waals surface area contributed by atoms with E-state index in [0.29, 0.717) is 11.1 Å². The van der Waals surface area contributed by atoms with Crippen LogP contribution < -0.4 is 4.72 Å². The third kappa shape index (κ3) is 4.39. The average Bonchev–Trinajstić information content (AvgIpc) is 2.42. The number of benzene rings is 1. The zero-order valence-corrected chi connectivity index (χ0v) is 16.2. The summed E-state index contributed by atoms with van der Waals surface area (Å²) in [5, 5.41) is 0.497. The molecule has 1 aromatic carbocycles. The summed E-state index contributed by atoms with van der Waals surface area (Å²) in [5.74, 6) is 0.549. The summed E-state index contributed by atoms with van der Waals surface area (Å²) < 4.78 is 3.08. The monoisotopic (exact) mass is 349 g/mol. The number of nitrogens with one attached hydrogen (secondary N) is 1. The molecule has 1 heterocycles. The molecule has 0 amide bonds. The molecule has 0 fully saturated rings. The minimum absolute atomic E-state index is 0.202. The van der Waals surface area contributed by atoms with Crippen LogP contribution in [0.5, 0.6) is 0 Å². The average molecular weight is 350 g/mol. The molecule has 0 unspecified atom stereocenters. The van der Waals surface area contributed by atoms with Crippen molar-refractivity contribution in [2.24, 2.45) is 5.41 Å². The predicted molar refractivity (Wildman–Crippen MR) is 102 cm³/mol. The zero-order chi connectivity index (χ0) is 17.2. The van der Waals surface area contributed by atoms with E-state index < -0.39 is 0 Å². The van der Waals surface area contributed by atoms with Gasteiger partial charge in [0.1, 0.15) is 5.15 Å². The summed E-state index contributed by atoms with van der Waals surface area (Å²) in [6.45, 7) is 10.9. The van der Waals surface area contributed by atoms with Gasteiger partial charge in [-0.05, 0) is 36.8 Å². The summed E-state index contributed by atoms with van der Waals surface area (Å²) in [7, 11) is 0. The van der Waals surface area contributed by atoms with Crippen LogP contribution in [-0.2, 0) is 6.42 Å². The number of hydrogen-bond donors (Lipinski definition) is 1. The van der Waals surface area contributed by atoms with Gasteiger partial charge in [-0.25, -0.2) is 9.97 Å². The number of nitrogens with zero attached hydrogens (tertiary/aromatic N) is 2. The highest BCUT2D eigenvalue weighted by Gasteiger charge is 2.20. The Bertz CT molecular complexity index is 708. The number of rotatable bonds is 4. The Labute approximate surface area is 148 Å². The van der Waals surface area contributed by atoms with E-state index in [2.05, 4.69) is 55.6 Å². The quantitative estimate of drug-likeness (QED) is 0.568. The summed E-state index contributed by atoms with van der Waals surface area (Å²) in [6.07, 6.45) is 2.92.